The van der Waals surface area contributed by atoms with E-state index in [4.69, 9.17) is 14.2 Å². The zero-order valence-electron chi connectivity index (χ0n) is 34.6. The quantitative estimate of drug-likeness (QED) is 0.0679. The molecule has 7 heteroatoms. The molecule has 0 bridgehead atoms. The first-order chi connectivity index (χ1) is 25.3. The summed E-state index contributed by atoms with van der Waals surface area (Å²) < 4.78 is 17.8. The maximum Gasteiger partial charge on any atom is 0.407 e. The number of carbonyl (C=O) groups is 2. The van der Waals surface area contributed by atoms with Crippen molar-refractivity contribution in [2.24, 2.45) is 0 Å². The number of alkyl carbamates (subject to hydrolysis) is 1. The van der Waals surface area contributed by atoms with Crippen LogP contribution < -0.4 is 10.6 Å². The third-order valence-electron chi connectivity index (χ3n) is 9.67. The van der Waals surface area contributed by atoms with Crippen molar-refractivity contribution >= 4 is 12.0 Å². The lowest BCUT2D eigenvalue weighted by Gasteiger charge is -2.23. The van der Waals surface area contributed by atoms with Gasteiger partial charge in [0, 0.05) is 26.3 Å². The summed E-state index contributed by atoms with van der Waals surface area (Å²) in [6, 6.07) is 9.58. The summed E-state index contributed by atoms with van der Waals surface area (Å²) in [6.07, 6.45) is 30.8. The third kappa shape index (κ3) is 29.3. The van der Waals surface area contributed by atoms with Gasteiger partial charge in [-0.3, -0.25) is 4.79 Å². The van der Waals surface area contributed by atoms with Crippen LogP contribution in [-0.4, -0.2) is 56.6 Å². The van der Waals surface area contributed by atoms with Crippen LogP contribution in [0.15, 0.2) is 30.3 Å². The second-order valence-electron chi connectivity index (χ2n) is 15.9. The van der Waals surface area contributed by atoms with Gasteiger partial charge in [0.1, 0.15) is 5.60 Å². The summed E-state index contributed by atoms with van der Waals surface area (Å²) >= 11 is 0. The van der Waals surface area contributed by atoms with Gasteiger partial charge >= 0.3 is 6.09 Å². The fraction of sp³-hybridized carbons (Fsp3) is 0.822. The highest BCUT2D eigenvalue weighted by molar-refractivity contribution is 5.84. The average molecular weight is 731 g/mol. The number of benzene rings is 1. The van der Waals surface area contributed by atoms with E-state index in [2.05, 4.69) is 24.5 Å². The minimum Gasteiger partial charge on any atom is -0.444 e. The molecule has 1 rings (SSSR count). The lowest BCUT2D eigenvalue weighted by molar-refractivity contribution is -0.123. The molecule has 0 spiro atoms. The highest BCUT2D eigenvalue weighted by atomic mass is 16.6. The standard InChI is InChI=1S/C45H82N2O5/c1-6-8-10-12-14-16-18-20-22-24-26-31-35-50-39-41(51-36-32-27-25-23-21-19-17-15-13-11-9-7-2)37-46-43(48)42(40-33-29-28-30-34-40)38-47-44(49)52-45(3,4)5/h28-30,33-34,41-42H,6-27,31-32,35-39H2,1-5H3,(H,46,48)(H,47,49). The molecule has 52 heavy (non-hydrogen) atoms. The van der Waals surface area contributed by atoms with Crippen molar-refractivity contribution in [2.75, 3.05) is 32.9 Å². The molecule has 0 aliphatic heterocycles. The van der Waals surface area contributed by atoms with Crippen LogP contribution in [0.25, 0.3) is 0 Å². The third-order valence-corrected chi connectivity index (χ3v) is 9.67. The fourth-order valence-corrected chi connectivity index (χ4v) is 6.50. The Morgan fingerprint density at radius 3 is 1.48 bits per heavy atom. The maximum atomic E-state index is 13.5. The van der Waals surface area contributed by atoms with Crippen LogP contribution in [0.3, 0.4) is 0 Å². The van der Waals surface area contributed by atoms with Gasteiger partial charge in [0.2, 0.25) is 5.91 Å². The molecule has 2 unspecified atom stereocenters. The molecule has 7 nitrogen and oxygen atoms in total. The van der Waals surface area contributed by atoms with Gasteiger partial charge in [0.25, 0.3) is 0 Å². The maximum absolute atomic E-state index is 13.5. The molecule has 0 radical (unpaired) electrons. The van der Waals surface area contributed by atoms with E-state index in [0.717, 1.165) is 25.0 Å². The summed E-state index contributed by atoms with van der Waals surface area (Å²) in [7, 11) is 0. The molecular weight excluding hydrogens is 649 g/mol. The van der Waals surface area contributed by atoms with Crippen LogP contribution in [0.4, 0.5) is 4.79 Å². The van der Waals surface area contributed by atoms with Gasteiger partial charge in [0.05, 0.1) is 18.6 Å². The number of hydrogen-bond donors (Lipinski definition) is 2. The van der Waals surface area contributed by atoms with Crippen molar-refractivity contribution in [1.82, 2.24) is 10.6 Å². The predicted molar refractivity (Wildman–Crippen MR) is 219 cm³/mol. The Morgan fingerprint density at radius 1 is 0.577 bits per heavy atom. The SMILES string of the molecule is CCCCCCCCCCCCCCOCC(CNC(=O)C(CNC(=O)OC(C)(C)C)c1ccccc1)OCCCCCCCCCCCCCC. The number of carbonyl (C=O) groups excluding carboxylic acids is 2. The van der Waals surface area contributed by atoms with Crippen LogP contribution >= 0.6 is 0 Å². The summed E-state index contributed by atoms with van der Waals surface area (Å²) in [5.41, 5.74) is 0.230. The molecule has 0 aliphatic carbocycles. The van der Waals surface area contributed by atoms with Gasteiger partial charge < -0.3 is 24.8 Å². The van der Waals surface area contributed by atoms with Crippen molar-refractivity contribution in [1.29, 1.82) is 0 Å². The molecule has 302 valence electrons. The zero-order valence-corrected chi connectivity index (χ0v) is 34.6. The number of hydrogen-bond acceptors (Lipinski definition) is 5. The number of amides is 2. The number of ether oxygens (including phenoxy) is 3. The minimum atomic E-state index is -0.611. The molecule has 0 aliphatic rings. The molecule has 1 aromatic rings. The van der Waals surface area contributed by atoms with Gasteiger partial charge in [-0.1, -0.05) is 185 Å². The van der Waals surface area contributed by atoms with E-state index >= 15 is 0 Å². The molecule has 0 aromatic heterocycles. The monoisotopic (exact) mass is 731 g/mol. The van der Waals surface area contributed by atoms with E-state index in [-0.39, 0.29) is 18.6 Å². The minimum absolute atomic E-state index is 0.143. The first-order valence-electron chi connectivity index (χ1n) is 21.8. The Morgan fingerprint density at radius 2 is 1.02 bits per heavy atom. The molecule has 2 atom stereocenters. The fourth-order valence-electron chi connectivity index (χ4n) is 6.50. The lowest BCUT2D eigenvalue weighted by Crippen LogP contribution is -2.43. The molecular formula is C45H82N2O5. The first-order valence-corrected chi connectivity index (χ1v) is 21.8. The predicted octanol–water partition coefficient (Wildman–Crippen LogP) is 12.2. The highest BCUT2D eigenvalue weighted by Crippen LogP contribution is 2.17. The number of unbranched alkanes of at least 4 members (excludes halogenated alkanes) is 22. The van der Waals surface area contributed by atoms with Crippen LogP contribution in [-0.2, 0) is 19.0 Å². The second kappa shape index (κ2) is 33.4. The van der Waals surface area contributed by atoms with Crippen LogP contribution in [0, 0.1) is 0 Å². The average Bonchev–Trinajstić information content (AvgIpc) is 3.12. The van der Waals surface area contributed by atoms with E-state index in [0.29, 0.717) is 19.8 Å². The molecule has 1 aromatic carbocycles. The Labute approximate surface area is 320 Å². The smallest absolute Gasteiger partial charge is 0.407 e. The Hall–Kier alpha value is -2.12. The van der Waals surface area contributed by atoms with Crippen molar-refractivity contribution in [3.05, 3.63) is 35.9 Å². The summed E-state index contributed by atoms with van der Waals surface area (Å²) in [4.78, 5) is 25.9. The molecule has 0 heterocycles. The van der Waals surface area contributed by atoms with Crippen molar-refractivity contribution in [3.63, 3.8) is 0 Å². The summed E-state index contributed by atoms with van der Waals surface area (Å²) in [5, 5.41) is 5.90. The largest absolute Gasteiger partial charge is 0.444 e. The van der Waals surface area contributed by atoms with Crippen LogP contribution in [0.5, 0.6) is 0 Å². The Bertz CT molecular complexity index is 951. The van der Waals surface area contributed by atoms with E-state index < -0.39 is 17.6 Å². The topological polar surface area (TPSA) is 85.9 Å². The van der Waals surface area contributed by atoms with Gasteiger partial charge in [0.15, 0.2) is 0 Å². The number of rotatable bonds is 35. The summed E-state index contributed by atoms with van der Waals surface area (Å²) in [5.74, 6) is -0.699. The van der Waals surface area contributed by atoms with Crippen molar-refractivity contribution < 1.29 is 23.8 Å². The van der Waals surface area contributed by atoms with E-state index in [1.54, 1.807) is 0 Å². The van der Waals surface area contributed by atoms with Gasteiger partial charge in [-0.05, 0) is 39.2 Å². The lowest BCUT2D eigenvalue weighted by atomic mass is 9.98. The van der Waals surface area contributed by atoms with E-state index in [1.807, 2.05) is 51.1 Å². The molecule has 2 amide bonds. The molecule has 0 saturated heterocycles. The molecule has 2 N–H and O–H groups in total. The summed E-state index contributed by atoms with van der Waals surface area (Å²) in [6.45, 7) is 12.4. The van der Waals surface area contributed by atoms with Gasteiger partial charge in [-0.2, -0.15) is 0 Å². The van der Waals surface area contributed by atoms with Gasteiger partial charge in [-0.15, -0.1) is 0 Å². The van der Waals surface area contributed by atoms with Crippen molar-refractivity contribution in [3.8, 4) is 0 Å². The molecule has 0 fully saturated rings. The van der Waals surface area contributed by atoms with E-state index in [9.17, 15) is 9.59 Å². The molecule has 0 saturated carbocycles. The second-order valence-corrected chi connectivity index (χ2v) is 15.9. The van der Waals surface area contributed by atoms with Crippen LogP contribution in [0.2, 0.25) is 0 Å². The van der Waals surface area contributed by atoms with Gasteiger partial charge in [-0.25, -0.2) is 4.79 Å². The zero-order chi connectivity index (χ0) is 38.0. The normalized spacial score (nSPS) is 12.8. The highest BCUT2D eigenvalue weighted by Gasteiger charge is 2.24. The Kier molecular flexibility index (Phi) is 30.8. The Balaban J connectivity index is 2.49. The van der Waals surface area contributed by atoms with E-state index in [1.165, 1.54) is 141 Å². The van der Waals surface area contributed by atoms with Crippen molar-refractivity contribution in [2.45, 2.75) is 206 Å². The first kappa shape index (κ1) is 47.9. The number of nitrogens with one attached hydrogen (secondary N) is 2. The van der Waals surface area contributed by atoms with Crippen LogP contribution in [0.1, 0.15) is 200 Å².